The molecule has 1 aliphatic heterocycles. The summed E-state index contributed by atoms with van der Waals surface area (Å²) in [5, 5.41) is 0.102. The van der Waals surface area contributed by atoms with Gasteiger partial charge in [0.25, 0.3) is 0 Å². The second-order valence-electron chi connectivity index (χ2n) is 3.27. The van der Waals surface area contributed by atoms with Crippen molar-refractivity contribution in [1.82, 2.24) is 0 Å². The molecule has 1 unspecified atom stereocenters. The Kier molecular flexibility index (Phi) is 3.90. The molecule has 0 bridgehead atoms. The Morgan fingerprint density at radius 3 is 2.75 bits per heavy atom. The van der Waals surface area contributed by atoms with E-state index in [1.165, 1.54) is 23.5 Å². The number of rotatable bonds is 3. The molecule has 1 saturated heterocycles. The quantitative estimate of drug-likeness (QED) is 0.776. The van der Waals surface area contributed by atoms with Crippen LogP contribution in [-0.2, 0) is 4.74 Å². The zero-order valence-corrected chi connectivity index (χ0v) is 10.1. The van der Waals surface area contributed by atoms with Crippen LogP contribution in [0, 0.1) is 0 Å². The monoisotopic (exact) mass is 254 g/mol. The third kappa shape index (κ3) is 3.02. The fraction of sp³-hybridized carbons (Fsp3) is 0.273. The minimum Gasteiger partial charge on any atom is -0.461 e. The highest BCUT2D eigenvalue weighted by molar-refractivity contribution is 8.41. The maximum absolute atomic E-state index is 11.6. The second kappa shape index (κ2) is 5.41. The largest absolute Gasteiger partial charge is 0.461 e. The molecule has 1 aliphatic rings. The van der Waals surface area contributed by atoms with Crippen LogP contribution >= 0.6 is 23.5 Å². The van der Waals surface area contributed by atoms with Gasteiger partial charge in [-0.15, -0.1) is 0 Å². The van der Waals surface area contributed by atoms with Gasteiger partial charge in [-0.25, -0.2) is 4.79 Å². The summed E-state index contributed by atoms with van der Waals surface area (Å²) in [5.41, 5.74) is 0.546. The first-order chi connectivity index (χ1) is 7.75. The van der Waals surface area contributed by atoms with Crippen LogP contribution < -0.4 is 0 Å². The molecule has 0 N–H and O–H groups in total. The fourth-order valence-corrected chi connectivity index (χ4v) is 3.46. The number of benzene rings is 1. The number of hydrogen-bond acceptors (Lipinski definition) is 5. The Bertz CT molecular complexity index is 391. The van der Waals surface area contributed by atoms with Gasteiger partial charge in [0.05, 0.1) is 10.8 Å². The van der Waals surface area contributed by atoms with Crippen LogP contribution in [-0.4, -0.2) is 28.0 Å². The van der Waals surface area contributed by atoms with E-state index in [0.29, 0.717) is 12.2 Å². The summed E-state index contributed by atoms with van der Waals surface area (Å²) in [4.78, 5) is 22.5. The lowest BCUT2D eigenvalue weighted by Crippen LogP contribution is -2.15. The van der Waals surface area contributed by atoms with Crippen molar-refractivity contribution >= 4 is 33.9 Å². The highest BCUT2D eigenvalue weighted by Crippen LogP contribution is 2.32. The van der Waals surface area contributed by atoms with Crippen molar-refractivity contribution in [3.8, 4) is 0 Å². The summed E-state index contributed by atoms with van der Waals surface area (Å²) in [6.45, 7) is 0.303. The van der Waals surface area contributed by atoms with Crippen LogP contribution in [0.15, 0.2) is 30.3 Å². The summed E-state index contributed by atoms with van der Waals surface area (Å²) in [7, 11) is 0. The van der Waals surface area contributed by atoms with Gasteiger partial charge in [-0.2, -0.15) is 0 Å². The number of thioether (sulfide) groups is 2. The Balaban J connectivity index is 1.82. The molecule has 2 rings (SSSR count). The number of hydrogen-bond donors (Lipinski definition) is 0. The number of ether oxygens (including phenoxy) is 1. The van der Waals surface area contributed by atoms with Gasteiger partial charge in [0.1, 0.15) is 6.61 Å². The molecule has 84 valence electrons. The maximum atomic E-state index is 11.6. The zero-order chi connectivity index (χ0) is 11.4. The van der Waals surface area contributed by atoms with E-state index in [4.69, 9.17) is 4.74 Å². The first-order valence-electron chi connectivity index (χ1n) is 4.81. The van der Waals surface area contributed by atoms with E-state index in [0.717, 1.165) is 5.75 Å². The minimum absolute atomic E-state index is 0.102. The van der Waals surface area contributed by atoms with Crippen molar-refractivity contribution in [2.24, 2.45) is 0 Å². The molecule has 1 aromatic rings. The Hall–Kier alpha value is -0.940. The van der Waals surface area contributed by atoms with Crippen LogP contribution in [0.4, 0.5) is 4.79 Å². The van der Waals surface area contributed by atoms with Crippen LogP contribution in [0.3, 0.4) is 0 Å². The summed E-state index contributed by atoms with van der Waals surface area (Å²) in [6, 6.07) is 8.85. The van der Waals surface area contributed by atoms with Crippen LogP contribution in [0.2, 0.25) is 0 Å². The number of carbonyl (C=O) groups is 2. The highest BCUT2D eigenvalue weighted by atomic mass is 32.2. The molecule has 1 heterocycles. The lowest BCUT2D eigenvalue weighted by molar-refractivity contribution is 0.0511. The predicted molar refractivity (Wildman–Crippen MR) is 66.0 cm³/mol. The molecular formula is C11H10O3S2. The van der Waals surface area contributed by atoms with Gasteiger partial charge in [0.2, 0.25) is 4.45 Å². The number of carbonyl (C=O) groups excluding carboxylic acids is 2. The van der Waals surface area contributed by atoms with Gasteiger partial charge in [-0.3, -0.25) is 4.79 Å². The van der Waals surface area contributed by atoms with Crippen molar-refractivity contribution in [3.05, 3.63) is 35.9 Å². The van der Waals surface area contributed by atoms with Gasteiger partial charge < -0.3 is 4.74 Å². The van der Waals surface area contributed by atoms with E-state index in [9.17, 15) is 9.59 Å². The van der Waals surface area contributed by atoms with Gasteiger partial charge >= 0.3 is 5.97 Å². The second-order valence-corrected chi connectivity index (χ2v) is 5.79. The van der Waals surface area contributed by atoms with Gasteiger partial charge in [-0.1, -0.05) is 41.7 Å². The molecule has 0 radical (unpaired) electrons. The molecule has 16 heavy (non-hydrogen) atoms. The number of esters is 1. The average Bonchev–Trinajstić information content (AvgIpc) is 2.73. The van der Waals surface area contributed by atoms with Crippen LogP contribution in [0.5, 0.6) is 0 Å². The van der Waals surface area contributed by atoms with Crippen molar-refractivity contribution in [3.63, 3.8) is 0 Å². The lowest BCUT2D eigenvalue weighted by atomic mass is 10.2. The Morgan fingerprint density at radius 2 is 2.12 bits per heavy atom. The van der Waals surface area contributed by atoms with Crippen molar-refractivity contribution in [2.45, 2.75) is 5.25 Å². The van der Waals surface area contributed by atoms with Gasteiger partial charge in [0.15, 0.2) is 0 Å². The summed E-state index contributed by atoms with van der Waals surface area (Å²) in [6.07, 6.45) is 0. The summed E-state index contributed by atoms with van der Waals surface area (Å²) in [5.74, 6) is 0.400. The highest BCUT2D eigenvalue weighted by Gasteiger charge is 2.25. The van der Waals surface area contributed by atoms with Crippen molar-refractivity contribution in [2.75, 3.05) is 12.4 Å². The van der Waals surface area contributed by atoms with Gasteiger partial charge in [0, 0.05) is 5.75 Å². The molecular weight excluding hydrogens is 244 g/mol. The van der Waals surface area contributed by atoms with E-state index in [2.05, 4.69) is 0 Å². The maximum Gasteiger partial charge on any atom is 0.338 e. The zero-order valence-electron chi connectivity index (χ0n) is 8.42. The molecule has 3 nitrogen and oxygen atoms in total. The molecule has 0 amide bonds. The molecule has 5 heteroatoms. The Morgan fingerprint density at radius 1 is 1.38 bits per heavy atom. The Labute approximate surface area is 102 Å². The van der Waals surface area contributed by atoms with E-state index in [1.807, 2.05) is 6.07 Å². The smallest absolute Gasteiger partial charge is 0.338 e. The van der Waals surface area contributed by atoms with E-state index in [1.54, 1.807) is 24.3 Å². The van der Waals surface area contributed by atoms with Gasteiger partial charge in [-0.05, 0) is 12.1 Å². The normalized spacial score (nSPS) is 19.8. The van der Waals surface area contributed by atoms with Crippen molar-refractivity contribution < 1.29 is 14.3 Å². The first kappa shape index (κ1) is 11.5. The third-order valence-electron chi connectivity index (χ3n) is 2.06. The lowest BCUT2D eigenvalue weighted by Gasteiger charge is -2.07. The van der Waals surface area contributed by atoms with Crippen LogP contribution in [0.1, 0.15) is 10.4 Å². The average molecular weight is 254 g/mol. The van der Waals surface area contributed by atoms with Crippen molar-refractivity contribution in [1.29, 1.82) is 0 Å². The molecule has 1 aromatic carbocycles. The molecule has 0 aliphatic carbocycles. The molecule has 0 spiro atoms. The first-order valence-corrected chi connectivity index (χ1v) is 6.68. The van der Waals surface area contributed by atoms with Crippen LogP contribution in [0.25, 0.3) is 0 Å². The minimum atomic E-state index is -0.328. The third-order valence-corrected chi connectivity index (χ3v) is 4.55. The summed E-state index contributed by atoms with van der Waals surface area (Å²) < 4.78 is 5.25. The molecule has 1 atom stereocenters. The predicted octanol–water partition coefficient (Wildman–Crippen LogP) is 2.81. The topological polar surface area (TPSA) is 43.4 Å². The molecule has 1 fully saturated rings. The molecule has 0 saturated carbocycles. The van der Waals surface area contributed by atoms with E-state index >= 15 is 0 Å². The fourth-order valence-electron chi connectivity index (χ4n) is 1.27. The summed E-state index contributed by atoms with van der Waals surface area (Å²) >= 11 is 2.54. The van der Waals surface area contributed by atoms with E-state index in [-0.39, 0.29) is 15.7 Å². The molecule has 0 aromatic heterocycles. The van der Waals surface area contributed by atoms with E-state index < -0.39 is 0 Å². The standard InChI is InChI=1S/C11H10O3S2/c12-10(8-4-2-1-3-5-8)14-6-9-7-15-11(13)16-9/h1-5,9H,6-7H2. The SMILES string of the molecule is O=C1SCC(COC(=O)c2ccccc2)S1.